The van der Waals surface area contributed by atoms with Crippen LogP contribution in [-0.2, 0) is 0 Å². The van der Waals surface area contributed by atoms with E-state index in [4.69, 9.17) is 4.98 Å². The molecule has 7 heteroatoms. The molecule has 4 aromatic rings. The summed E-state index contributed by atoms with van der Waals surface area (Å²) >= 11 is 0. The van der Waals surface area contributed by atoms with Gasteiger partial charge in [-0.15, -0.1) is 0 Å². The van der Waals surface area contributed by atoms with Crippen molar-refractivity contribution >= 4 is 11.9 Å². The van der Waals surface area contributed by atoms with E-state index >= 15 is 0 Å². The molecule has 31 heavy (non-hydrogen) atoms. The van der Waals surface area contributed by atoms with Crippen LogP contribution >= 0.6 is 0 Å². The number of anilines is 1. The maximum absolute atomic E-state index is 11.5. The Labute approximate surface area is 180 Å². The normalized spacial score (nSPS) is 11.8. The van der Waals surface area contributed by atoms with Gasteiger partial charge in [0.15, 0.2) is 0 Å². The minimum Gasteiger partial charge on any atom is -0.465 e. The zero-order valence-corrected chi connectivity index (χ0v) is 16.9. The highest BCUT2D eigenvalue weighted by Gasteiger charge is 2.30. The summed E-state index contributed by atoms with van der Waals surface area (Å²) in [5.41, 5.74) is 3.70. The SMILES string of the molecule is CN(C(=O)O)c1cccc(C(c2cccnc2)C(c2cccnc2)c2cccnc2)n1. The van der Waals surface area contributed by atoms with Crippen LogP contribution in [0.3, 0.4) is 0 Å². The number of carbonyl (C=O) groups is 1. The van der Waals surface area contributed by atoms with E-state index in [1.165, 1.54) is 7.05 Å². The van der Waals surface area contributed by atoms with Crippen LogP contribution in [0.2, 0.25) is 0 Å². The van der Waals surface area contributed by atoms with Gasteiger partial charge in [-0.25, -0.2) is 9.78 Å². The first-order chi connectivity index (χ1) is 15.1. The van der Waals surface area contributed by atoms with Crippen molar-refractivity contribution in [1.29, 1.82) is 0 Å². The van der Waals surface area contributed by atoms with E-state index in [1.807, 2.05) is 67.1 Å². The molecule has 0 saturated heterocycles. The van der Waals surface area contributed by atoms with Crippen LogP contribution in [0.15, 0.2) is 91.8 Å². The van der Waals surface area contributed by atoms with Gasteiger partial charge < -0.3 is 5.11 Å². The van der Waals surface area contributed by atoms with Crippen molar-refractivity contribution in [1.82, 2.24) is 19.9 Å². The van der Waals surface area contributed by atoms with Gasteiger partial charge in [0.25, 0.3) is 0 Å². The van der Waals surface area contributed by atoms with Crippen LogP contribution in [-0.4, -0.2) is 38.2 Å². The average molecular weight is 411 g/mol. The lowest BCUT2D eigenvalue weighted by Gasteiger charge is -2.28. The van der Waals surface area contributed by atoms with Gasteiger partial charge in [-0.2, -0.15) is 0 Å². The Morgan fingerprint density at radius 2 is 1.29 bits per heavy atom. The van der Waals surface area contributed by atoms with Gasteiger partial charge in [0.2, 0.25) is 0 Å². The molecule has 4 rings (SSSR count). The Hall–Kier alpha value is -4.13. The summed E-state index contributed by atoms with van der Waals surface area (Å²) in [6.45, 7) is 0. The third kappa shape index (κ3) is 4.40. The molecule has 0 saturated carbocycles. The van der Waals surface area contributed by atoms with Crippen LogP contribution in [0, 0.1) is 0 Å². The van der Waals surface area contributed by atoms with Crippen LogP contribution in [0.1, 0.15) is 34.2 Å². The van der Waals surface area contributed by atoms with Crippen LogP contribution < -0.4 is 4.90 Å². The van der Waals surface area contributed by atoms with Crippen LogP contribution in [0.5, 0.6) is 0 Å². The smallest absolute Gasteiger partial charge is 0.412 e. The molecule has 1 N–H and O–H groups in total. The summed E-state index contributed by atoms with van der Waals surface area (Å²) in [6.07, 6.45) is 9.64. The van der Waals surface area contributed by atoms with Gasteiger partial charge in [-0.3, -0.25) is 19.9 Å². The first-order valence-corrected chi connectivity index (χ1v) is 9.78. The van der Waals surface area contributed by atoms with Gasteiger partial charge in [-0.1, -0.05) is 24.3 Å². The van der Waals surface area contributed by atoms with Gasteiger partial charge in [-0.05, 0) is 47.0 Å². The molecule has 1 unspecified atom stereocenters. The van der Waals surface area contributed by atoms with Gasteiger partial charge in [0.05, 0.1) is 5.69 Å². The van der Waals surface area contributed by atoms with E-state index in [9.17, 15) is 9.90 Å². The Morgan fingerprint density at radius 1 is 0.774 bits per heavy atom. The second kappa shape index (κ2) is 9.13. The third-order valence-electron chi connectivity index (χ3n) is 5.17. The van der Waals surface area contributed by atoms with E-state index in [2.05, 4.69) is 15.0 Å². The molecular formula is C24H21N5O2. The molecule has 0 bridgehead atoms. The summed E-state index contributed by atoms with van der Waals surface area (Å²) in [7, 11) is 1.48. The number of hydrogen-bond acceptors (Lipinski definition) is 5. The lowest BCUT2D eigenvalue weighted by atomic mass is 9.76. The quantitative estimate of drug-likeness (QED) is 0.507. The Bertz CT molecular complexity index is 1100. The van der Waals surface area contributed by atoms with Crippen molar-refractivity contribution < 1.29 is 9.90 Å². The molecule has 0 aliphatic rings. The molecule has 0 fully saturated rings. The predicted molar refractivity (Wildman–Crippen MR) is 117 cm³/mol. The fourth-order valence-corrected chi connectivity index (χ4v) is 3.69. The summed E-state index contributed by atoms with van der Waals surface area (Å²) in [6, 6.07) is 17.2. The summed E-state index contributed by atoms with van der Waals surface area (Å²) in [4.78, 5) is 30.3. The molecule has 7 nitrogen and oxygen atoms in total. The molecule has 154 valence electrons. The van der Waals surface area contributed by atoms with Crippen molar-refractivity contribution in [3.8, 4) is 0 Å². The topological polar surface area (TPSA) is 92.1 Å². The molecule has 4 aromatic heterocycles. The van der Waals surface area contributed by atoms with E-state index in [1.54, 1.807) is 24.7 Å². The molecule has 4 heterocycles. The maximum atomic E-state index is 11.5. The maximum Gasteiger partial charge on any atom is 0.412 e. The minimum atomic E-state index is -1.07. The molecule has 1 amide bonds. The van der Waals surface area contributed by atoms with Crippen molar-refractivity contribution in [3.63, 3.8) is 0 Å². The highest BCUT2D eigenvalue weighted by molar-refractivity contribution is 5.83. The largest absolute Gasteiger partial charge is 0.465 e. The second-order valence-corrected chi connectivity index (χ2v) is 7.08. The number of rotatable bonds is 6. The number of pyridine rings is 4. The molecule has 0 aliphatic heterocycles. The number of nitrogens with zero attached hydrogens (tertiary/aromatic N) is 5. The Morgan fingerprint density at radius 3 is 1.74 bits per heavy atom. The number of amides is 1. The molecule has 0 aromatic carbocycles. The number of hydrogen-bond donors (Lipinski definition) is 1. The molecule has 0 spiro atoms. The Kier molecular flexibility index (Phi) is 5.93. The zero-order valence-electron chi connectivity index (χ0n) is 16.9. The first-order valence-electron chi connectivity index (χ1n) is 9.78. The molecule has 0 aliphatic carbocycles. The predicted octanol–water partition coefficient (Wildman–Crippen LogP) is 4.34. The van der Waals surface area contributed by atoms with E-state index in [0.717, 1.165) is 27.3 Å². The highest BCUT2D eigenvalue weighted by Crippen LogP contribution is 2.41. The minimum absolute atomic E-state index is 0.149. The number of aromatic nitrogens is 4. The fourth-order valence-electron chi connectivity index (χ4n) is 3.69. The van der Waals surface area contributed by atoms with Crippen molar-refractivity contribution in [3.05, 3.63) is 114 Å². The van der Waals surface area contributed by atoms with Crippen LogP contribution in [0.4, 0.5) is 10.6 Å². The summed E-state index contributed by atoms with van der Waals surface area (Å²) in [5.74, 6) is -0.0243. The van der Waals surface area contributed by atoms with Gasteiger partial charge >= 0.3 is 6.09 Å². The second-order valence-electron chi connectivity index (χ2n) is 7.08. The van der Waals surface area contributed by atoms with Crippen molar-refractivity contribution in [2.45, 2.75) is 11.8 Å². The standard InChI is InChI=1S/C24H21N5O2/c1-29(24(30)31)21-10-2-9-20(28-21)23(19-8-5-13-27-16-19)22(17-6-3-11-25-14-17)18-7-4-12-26-15-18/h2-16,22-23H,1H3,(H,30,31). The Balaban J connectivity index is 1.92. The third-order valence-corrected chi connectivity index (χ3v) is 5.17. The zero-order chi connectivity index (χ0) is 21.6. The highest BCUT2D eigenvalue weighted by atomic mass is 16.4. The molecule has 1 atom stereocenters. The summed E-state index contributed by atoms with van der Waals surface area (Å²) < 4.78 is 0. The van der Waals surface area contributed by atoms with E-state index in [0.29, 0.717) is 5.82 Å². The van der Waals surface area contributed by atoms with Crippen molar-refractivity contribution in [2.24, 2.45) is 0 Å². The van der Waals surface area contributed by atoms with Gasteiger partial charge in [0.1, 0.15) is 5.82 Å². The van der Waals surface area contributed by atoms with Gasteiger partial charge in [0, 0.05) is 56.1 Å². The molecule has 0 radical (unpaired) electrons. The van der Waals surface area contributed by atoms with Crippen molar-refractivity contribution in [2.75, 3.05) is 11.9 Å². The fraction of sp³-hybridized carbons (Fsp3) is 0.125. The first kappa shape index (κ1) is 20.2. The monoisotopic (exact) mass is 411 g/mol. The summed E-state index contributed by atoms with van der Waals surface area (Å²) in [5, 5.41) is 9.41. The van der Waals surface area contributed by atoms with E-state index in [-0.39, 0.29) is 11.8 Å². The number of carboxylic acid groups (broad SMARTS) is 1. The lowest BCUT2D eigenvalue weighted by Crippen LogP contribution is -2.25. The average Bonchev–Trinajstić information content (AvgIpc) is 2.83. The van der Waals surface area contributed by atoms with E-state index < -0.39 is 6.09 Å². The lowest BCUT2D eigenvalue weighted by molar-refractivity contribution is 0.203. The van der Waals surface area contributed by atoms with Crippen LogP contribution in [0.25, 0.3) is 0 Å². The molecular weight excluding hydrogens is 390 g/mol.